The van der Waals surface area contributed by atoms with Gasteiger partial charge in [-0.15, -0.1) is 16.5 Å². The highest BCUT2D eigenvalue weighted by atomic mass is 32.1. The molecule has 0 spiro atoms. The smallest absolute Gasteiger partial charge is 0.362 e. The van der Waals surface area contributed by atoms with E-state index in [1.165, 1.54) is 11.3 Å². The maximum absolute atomic E-state index is 12.0. The molecule has 0 aliphatic carbocycles. The molecule has 5 nitrogen and oxygen atoms in total. The molecule has 0 aliphatic heterocycles. The zero-order valence-electron chi connectivity index (χ0n) is 13.0. The monoisotopic (exact) mass is 330 g/mol. The Kier molecular flexibility index (Phi) is 6.05. The summed E-state index contributed by atoms with van der Waals surface area (Å²) in [4.78, 5) is 12.6. The third kappa shape index (κ3) is 4.50. The summed E-state index contributed by atoms with van der Waals surface area (Å²) in [6.45, 7) is 4.07. The van der Waals surface area contributed by atoms with Crippen LogP contribution in [0.15, 0.2) is 57.7 Å². The zero-order chi connectivity index (χ0) is 16.7. The molecule has 2 aromatic rings. The lowest BCUT2D eigenvalue weighted by atomic mass is 10.2. The molecule has 0 fully saturated rings. The summed E-state index contributed by atoms with van der Waals surface area (Å²) in [6, 6.07) is 11.4. The molecule has 0 bridgehead atoms. The number of hydrogen-bond donors (Lipinski definition) is 1. The number of ether oxygens (including phenoxy) is 1. The molecule has 0 aliphatic rings. The third-order valence-corrected chi connectivity index (χ3v) is 4.06. The van der Waals surface area contributed by atoms with Gasteiger partial charge in [0.25, 0.3) is 0 Å². The van der Waals surface area contributed by atoms with E-state index in [0.717, 1.165) is 11.1 Å². The van der Waals surface area contributed by atoms with Gasteiger partial charge in [-0.2, -0.15) is 5.11 Å². The fraction of sp³-hybridized carbons (Fsp3) is 0.235. The molecule has 0 radical (unpaired) electrons. The molecule has 0 amide bonds. The van der Waals surface area contributed by atoms with Gasteiger partial charge in [-0.05, 0) is 36.4 Å². The van der Waals surface area contributed by atoms with Crippen molar-refractivity contribution in [3.8, 4) is 0 Å². The number of hydrogen-bond acceptors (Lipinski definition) is 6. The van der Waals surface area contributed by atoms with Crippen LogP contribution in [0.4, 0.5) is 0 Å². The molecule has 6 heteroatoms. The average Bonchev–Trinajstić information content (AvgIpc) is 2.98. The van der Waals surface area contributed by atoms with Gasteiger partial charge in [-0.3, -0.25) is 0 Å². The first kappa shape index (κ1) is 16.9. The van der Waals surface area contributed by atoms with E-state index in [1.807, 2.05) is 48.7 Å². The average molecular weight is 330 g/mol. The molecule has 1 heterocycles. The molecule has 1 N–H and O–H groups in total. The minimum Gasteiger partial charge on any atom is -0.504 e. The van der Waals surface area contributed by atoms with Gasteiger partial charge in [-0.1, -0.05) is 30.3 Å². The van der Waals surface area contributed by atoms with Gasteiger partial charge in [0.1, 0.15) is 0 Å². The number of aliphatic hydroxyl groups is 1. The van der Waals surface area contributed by atoms with Crippen LogP contribution in [-0.4, -0.2) is 17.7 Å². The quantitative estimate of drug-likeness (QED) is 0.367. The number of benzene rings is 1. The fourth-order valence-corrected chi connectivity index (χ4v) is 2.75. The topological polar surface area (TPSA) is 71.2 Å². The minimum absolute atomic E-state index is 0.173. The SMILES string of the molecule is CCOC(=O)C(N=NCc1ccccc1)=C(O)c1sccc1C. The van der Waals surface area contributed by atoms with Crippen molar-refractivity contribution >= 4 is 23.1 Å². The standard InChI is InChI=1S/C17H18N2O3S/c1-3-22-17(21)14(15(20)16-12(2)9-10-23-16)19-18-11-13-7-5-4-6-8-13/h4-10,20H,3,11H2,1-2H3. The predicted molar refractivity (Wildman–Crippen MR) is 90.2 cm³/mol. The number of esters is 1. The maximum atomic E-state index is 12.0. The minimum atomic E-state index is -0.686. The van der Waals surface area contributed by atoms with Crippen molar-refractivity contribution in [1.29, 1.82) is 0 Å². The van der Waals surface area contributed by atoms with Crippen LogP contribution in [0, 0.1) is 6.92 Å². The highest BCUT2D eigenvalue weighted by molar-refractivity contribution is 7.11. The second-order valence-electron chi connectivity index (χ2n) is 4.74. The highest BCUT2D eigenvalue weighted by Crippen LogP contribution is 2.26. The number of rotatable bonds is 6. The Labute approximate surface area is 139 Å². The molecule has 1 aromatic carbocycles. The lowest BCUT2D eigenvalue weighted by molar-refractivity contribution is -0.138. The van der Waals surface area contributed by atoms with Crippen molar-refractivity contribution in [3.63, 3.8) is 0 Å². The van der Waals surface area contributed by atoms with Gasteiger partial charge < -0.3 is 9.84 Å². The van der Waals surface area contributed by atoms with Crippen LogP contribution < -0.4 is 0 Å². The Bertz CT molecular complexity index is 720. The molecular formula is C17H18N2O3S. The molecule has 2 rings (SSSR count). The molecule has 0 unspecified atom stereocenters. The molecule has 23 heavy (non-hydrogen) atoms. The number of aryl methyl sites for hydroxylation is 1. The number of azo groups is 1. The number of nitrogens with zero attached hydrogens (tertiary/aromatic N) is 2. The number of carbonyl (C=O) groups is 1. The number of thiophene rings is 1. The first-order chi connectivity index (χ1) is 11.1. The summed E-state index contributed by atoms with van der Waals surface area (Å²) in [6.07, 6.45) is 0. The van der Waals surface area contributed by atoms with Gasteiger partial charge >= 0.3 is 5.97 Å². The van der Waals surface area contributed by atoms with Crippen molar-refractivity contribution in [2.45, 2.75) is 20.4 Å². The molecule has 1 aromatic heterocycles. The Morgan fingerprint density at radius 1 is 1.26 bits per heavy atom. The molecule has 0 saturated heterocycles. The first-order valence-electron chi connectivity index (χ1n) is 7.19. The van der Waals surface area contributed by atoms with Gasteiger partial charge in [0.15, 0.2) is 5.76 Å². The Morgan fingerprint density at radius 2 is 2.00 bits per heavy atom. The van der Waals surface area contributed by atoms with E-state index in [4.69, 9.17) is 4.74 Å². The molecule has 0 atom stereocenters. The second-order valence-corrected chi connectivity index (χ2v) is 5.65. The summed E-state index contributed by atoms with van der Waals surface area (Å²) in [5, 5.41) is 20.2. The normalized spacial score (nSPS) is 12.3. The molecule has 120 valence electrons. The van der Waals surface area contributed by atoms with Crippen molar-refractivity contribution < 1.29 is 14.6 Å². The fourth-order valence-electron chi connectivity index (χ4n) is 1.88. The summed E-state index contributed by atoms with van der Waals surface area (Å²) in [5.74, 6) is -0.887. The second kappa shape index (κ2) is 8.24. The molecular weight excluding hydrogens is 312 g/mol. The summed E-state index contributed by atoms with van der Waals surface area (Å²) in [7, 11) is 0. The van der Waals surface area contributed by atoms with Crippen LogP contribution in [0.1, 0.15) is 22.9 Å². The van der Waals surface area contributed by atoms with E-state index in [2.05, 4.69) is 10.2 Å². The number of carbonyl (C=O) groups excluding carboxylic acids is 1. The number of aliphatic hydroxyl groups excluding tert-OH is 1. The Morgan fingerprint density at radius 3 is 2.61 bits per heavy atom. The van der Waals surface area contributed by atoms with Crippen LogP contribution in [-0.2, 0) is 16.1 Å². The Balaban J connectivity index is 2.28. The van der Waals surface area contributed by atoms with Gasteiger partial charge in [-0.25, -0.2) is 4.79 Å². The molecule has 0 saturated carbocycles. The van der Waals surface area contributed by atoms with Crippen molar-refractivity contribution in [2.24, 2.45) is 10.2 Å². The van der Waals surface area contributed by atoms with Crippen LogP contribution in [0.25, 0.3) is 5.76 Å². The lowest BCUT2D eigenvalue weighted by Gasteiger charge is -2.05. The van der Waals surface area contributed by atoms with E-state index in [9.17, 15) is 9.90 Å². The Hall–Kier alpha value is -2.47. The van der Waals surface area contributed by atoms with Crippen LogP contribution >= 0.6 is 11.3 Å². The zero-order valence-corrected chi connectivity index (χ0v) is 13.8. The van der Waals surface area contributed by atoms with Crippen molar-refractivity contribution in [1.82, 2.24) is 0 Å². The largest absolute Gasteiger partial charge is 0.504 e. The van der Waals surface area contributed by atoms with E-state index in [-0.39, 0.29) is 18.1 Å². The van der Waals surface area contributed by atoms with Crippen LogP contribution in [0.2, 0.25) is 0 Å². The third-order valence-electron chi connectivity index (χ3n) is 3.04. The van der Waals surface area contributed by atoms with Gasteiger partial charge in [0, 0.05) is 0 Å². The first-order valence-corrected chi connectivity index (χ1v) is 8.07. The van der Waals surface area contributed by atoms with Crippen molar-refractivity contribution in [2.75, 3.05) is 6.61 Å². The van der Waals surface area contributed by atoms with E-state index in [0.29, 0.717) is 11.4 Å². The van der Waals surface area contributed by atoms with E-state index < -0.39 is 5.97 Å². The highest BCUT2D eigenvalue weighted by Gasteiger charge is 2.20. The summed E-state index contributed by atoms with van der Waals surface area (Å²) < 4.78 is 4.96. The lowest BCUT2D eigenvalue weighted by Crippen LogP contribution is -2.08. The summed E-state index contributed by atoms with van der Waals surface area (Å²) >= 11 is 1.33. The summed E-state index contributed by atoms with van der Waals surface area (Å²) in [5.41, 5.74) is 1.66. The van der Waals surface area contributed by atoms with Crippen LogP contribution in [0.3, 0.4) is 0 Å². The van der Waals surface area contributed by atoms with E-state index >= 15 is 0 Å². The van der Waals surface area contributed by atoms with Crippen LogP contribution in [0.5, 0.6) is 0 Å². The van der Waals surface area contributed by atoms with Gasteiger partial charge in [0.2, 0.25) is 5.70 Å². The van der Waals surface area contributed by atoms with Gasteiger partial charge in [0.05, 0.1) is 18.0 Å². The van der Waals surface area contributed by atoms with E-state index in [1.54, 1.807) is 6.92 Å². The predicted octanol–water partition coefficient (Wildman–Crippen LogP) is 4.50. The maximum Gasteiger partial charge on any atom is 0.362 e. The van der Waals surface area contributed by atoms with Crippen molar-refractivity contribution in [3.05, 3.63) is 63.5 Å².